The zero-order valence-electron chi connectivity index (χ0n) is 14.1. The molecule has 126 valence electrons. The minimum Gasteiger partial charge on any atom is -0.315 e. The van der Waals surface area contributed by atoms with Crippen LogP contribution in [-0.2, 0) is 9.36 Å². The zero-order valence-corrected chi connectivity index (χ0v) is 15.0. The maximum atomic E-state index is 13.9. The average molecular weight is 349 g/mol. The summed E-state index contributed by atoms with van der Waals surface area (Å²) in [5.41, 5.74) is 0.792. The van der Waals surface area contributed by atoms with Gasteiger partial charge >= 0.3 is 0 Å². The van der Waals surface area contributed by atoms with Gasteiger partial charge in [0, 0.05) is 23.3 Å². The molecule has 4 heteroatoms. The highest BCUT2D eigenvalue weighted by molar-refractivity contribution is 7.79. The Balaban J connectivity index is 1.97. The number of anilines is 1. The van der Waals surface area contributed by atoms with Crippen LogP contribution >= 0.6 is 7.14 Å². The number of hydrogen-bond donors (Lipinski definition) is 0. The second kappa shape index (κ2) is 7.50. The van der Waals surface area contributed by atoms with E-state index in [4.69, 9.17) is 0 Å². The van der Waals surface area contributed by atoms with Gasteiger partial charge in [-0.3, -0.25) is 4.79 Å². The van der Waals surface area contributed by atoms with E-state index in [0.717, 1.165) is 5.69 Å². The highest BCUT2D eigenvalue weighted by Crippen LogP contribution is 2.43. The van der Waals surface area contributed by atoms with Crippen LogP contribution in [0.3, 0.4) is 0 Å². The number of para-hydroxylation sites is 1. The Labute approximate surface area is 148 Å². The normalized spacial score (nSPS) is 11.1. The van der Waals surface area contributed by atoms with Gasteiger partial charge in [0.25, 0.3) is 0 Å². The van der Waals surface area contributed by atoms with Crippen molar-refractivity contribution < 1.29 is 9.36 Å². The third-order valence-electron chi connectivity index (χ3n) is 4.22. The van der Waals surface area contributed by atoms with E-state index in [1.807, 2.05) is 91.0 Å². The topological polar surface area (TPSA) is 37.4 Å². The Morgan fingerprint density at radius 1 is 0.760 bits per heavy atom. The summed E-state index contributed by atoms with van der Waals surface area (Å²) < 4.78 is 13.9. The molecule has 0 fully saturated rings. The predicted molar refractivity (Wildman–Crippen MR) is 104 cm³/mol. The quantitative estimate of drug-likeness (QED) is 0.659. The SMILES string of the molecule is CN(C(=O)CP(=O)(c1ccccc1)c1ccccc1)c1ccccc1. The first-order chi connectivity index (χ1) is 12.1. The van der Waals surface area contributed by atoms with Crippen LogP contribution in [0.1, 0.15) is 0 Å². The Bertz CT molecular complexity index is 836. The van der Waals surface area contributed by atoms with E-state index in [9.17, 15) is 9.36 Å². The van der Waals surface area contributed by atoms with Crippen LogP contribution in [0.4, 0.5) is 5.69 Å². The van der Waals surface area contributed by atoms with E-state index in [1.165, 1.54) is 0 Å². The lowest BCUT2D eigenvalue weighted by atomic mass is 10.3. The van der Waals surface area contributed by atoms with Crippen molar-refractivity contribution in [2.24, 2.45) is 0 Å². The minimum absolute atomic E-state index is 0.0353. The second-order valence-electron chi connectivity index (χ2n) is 5.86. The number of benzene rings is 3. The minimum atomic E-state index is -3.05. The van der Waals surface area contributed by atoms with Crippen LogP contribution < -0.4 is 15.5 Å². The molecule has 3 aromatic carbocycles. The molecule has 25 heavy (non-hydrogen) atoms. The van der Waals surface area contributed by atoms with Crippen LogP contribution in [0.5, 0.6) is 0 Å². The molecule has 0 saturated heterocycles. The van der Waals surface area contributed by atoms with Crippen molar-refractivity contribution in [3.63, 3.8) is 0 Å². The summed E-state index contributed by atoms with van der Waals surface area (Å²) in [5, 5.41) is 1.41. The Morgan fingerprint density at radius 3 is 1.60 bits per heavy atom. The first kappa shape index (κ1) is 17.2. The highest BCUT2D eigenvalue weighted by Gasteiger charge is 2.31. The predicted octanol–water partition coefficient (Wildman–Crippen LogP) is 3.66. The van der Waals surface area contributed by atoms with Gasteiger partial charge < -0.3 is 9.46 Å². The van der Waals surface area contributed by atoms with E-state index in [0.29, 0.717) is 10.6 Å². The first-order valence-electron chi connectivity index (χ1n) is 8.13. The molecule has 1 amide bonds. The van der Waals surface area contributed by atoms with E-state index >= 15 is 0 Å². The summed E-state index contributed by atoms with van der Waals surface area (Å²) in [6.45, 7) is 0. The molecule has 0 N–H and O–H groups in total. The number of nitrogens with zero attached hydrogens (tertiary/aromatic N) is 1. The molecule has 3 rings (SSSR count). The van der Waals surface area contributed by atoms with Crippen LogP contribution in [0, 0.1) is 0 Å². The molecular formula is C21H20NO2P. The molecule has 0 unspecified atom stereocenters. The summed E-state index contributed by atoms with van der Waals surface area (Å²) in [6.07, 6.45) is -0.0353. The zero-order chi connectivity index (χ0) is 17.7. The summed E-state index contributed by atoms with van der Waals surface area (Å²) >= 11 is 0. The Hall–Kier alpha value is -2.64. The van der Waals surface area contributed by atoms with Gasteiger partial charge in [0.15, 0.2) is 7.14 Å². The molecule has 0 bridgehead atoms. The molecule has 0 aliphatic carbocycles. The van der Waals surface area contributed by atoms with Gasteiger partial charge in [0.2, 0.25) is 5.91 Å². The molecular weight excluding hydrogens is 329 g/mol. The maximum Gasteiger partial charge on any atom is 0.234 e. The van der Waals surface area contributed by atoms with Gasteiger partial charge in [-0.15, -0.1) is 0 Å². The summed E-state index contributed by atoms with van der Waals surface area (Å²) in [7, 11) is -1.33. The van der Waals surface area contributed by atoms with E-state index in [1.54, 1.807) is 11.9 Å². The van der Waals surface area contributed by atoms with Crippen LogP contribution in [0.25, 0.3) is 0 Å². The van der Waals surface area contributed by atoms with Gasteiger partial charge in [0.1, 0.15) is 0 Å². The van der Waals surface area contributed by atoms with Crippen LogP contribution in [0.2, 0.25) is 0 Å². The standard InChI is InChI=1S/C21H20NO2P/c1-22(18-11-5-2-6-12-18)21(23)17-25(24,19-13-7-3-8-14-19)20-15-9-4-10-16-20/h2-16H,17H2,1H3. The van der Waals surface area contributed by atoms with Gasteiger partial charge in [-0.25, -0.2) is 0 Å². The molecule has 0 aliphatic rings. The summed E-state index contributed by atoms with van der Waals surface area (Å²) in [6, 6.07) is 28.0. The van der Waals surface area contributed by atoms with E-state index in [2.05, 4.69) is 0 Å². The lowest BCUT2D eigenvalue weighted by molar-refractivity contribution is -0.116. The average Bonchev–Trinajstić information content (AvgIpc) is 2.69. The number of hydrogen-bond acceptors (Lipinski definition) is 2. The maximum absolute atomic E-state index is 13.9. The molecule has 0 atom stereocenters. The molecule has 3 aromatic rings. The van der Waals surface area contributed by atoms with Gasteiger partial charge in [-0.05, 0) is 12.1 Å². The van der Waals surface area contributed by atoms with Gasteiger partial charge in [-0.2, -0.15) is 0 Å². The third-order valence-corrected chi connectivity index (χ3v) is 7.20. The number of rotatable bonds is 5. The van der Waals surface area contributed by atoms with Crippen molar-refractivity contribution in [2.45, 2.75) is 0 Å². The van der Waals surface area contributed by atoms with E-state index in [-0.39, 0.29) is 12.1 Å². The lowest BCUT2D eigenvalue weighted by Crippen LogP contribution is -2.32. The lowest BCUT2D eigenvalue weighted by Gasteiger charge is -2.23. The molecule has 3 nitrogen and oxygen atoms in total. The number of amides is 1. The molecule has 0 saturated carbocycles. The fourth-order valence-corrected chi connectivity index (χ4v) is 5.33. The number of carbonyl (C=O) groups is 1. The molecule has 0 aliphatic heterocycles. The molecule has 0 aromatic heterocycles. The largest absolute Gasteiger partial charge is 0.315 e. The third kappa shape index (κ3) is 3.72. The first-order valence-corrected chi connectivity index (χ1v) is 10.0. The molecule has 0 spiro atoms. The summed E-state index contributed by atoms with van der Waals surface area (Å²) in [4.78, 5) is 14.4. The Kier molecular flexibility index (Phi) is 5.16. The van der Waals surface area contributed by atoms with Crippen molar-refractivity contribution in [1.82, 2.24) is 0 Å². The highest BCUT2D eigenvalue weighted by atomic mass is 31.2. The van der Waals surface area contributed by atoms with Crippen LogP contribution in [0.15, 0.2) is 91.0 Å². The van der Waals surface area contributed by atoms with Crippen LogP contribution in [-0.4, -0.2) is 19.1 Å². The smallest absolute Gasteiger partial charge is 0.234 e. The fraction of sp³-hybridized carbons (Fsp3) is 0.0952. The van der Waals surface area contributed by atoms with E-state index < -0.39 is 7.14 Å². The van der Waals surface area contributed by atoms with Crippen molar-refractivity contribution in [3.8, 4) is 0 Å². The number of carbonyl (C=O) groups excluding carboxylic acids is 1. The van der Waals surface area contributed by atoms with Crippen molar-refractivity contribution in [2.75, 3.05) is 18.1 Å². The summed E-state index contributed by atoms with van der Waals surface area (Å²) in [5.74, 6) is -0.165. The van der Waals surface area contributed by atoms with Crippen molar-refractivity contribution in [3.05, 3.63) is 91.0 Å². The second-order valence-corrected chi connectivity index (χ2v) is 8.69. The van der Waals surface area contributed by atoms with Gasteiger partial charge in [0.05, 0.1) is 6.16 Å². The van der Waals surface area contributed by atoms with Gasteiger partial charge in [-0.1, -0.05) is 78.9 Å². The van der Waals surface area contributed by atoms with Crippen molar-refractivity contribution >= 4 is 29.3 Å². The molecule has 0 heterocycles. The Morgan fingerprint density at radius 2 is 1.16 bits per heavy atom. The monoisotopic (exact) mass is 349 g/mol. The fourth-order valence-electron chi connectivity index (χ4n) is 2.76. The van der Waals surface area contributed by atoms with Crippen molar-refractivity contribution in [1.29, 1.82) is 0 Å². The molecule has 0 radical (unpaired) electrons.